The monoisotopic (exact) mass is 402 g/mol. The molecule has 0 fully saturated rings. The summed E-state index contributed by atoms with van der Waals surface area (Å²) in [7, 11) is 0. The van der Waals surface area contributed by atoms with Crippen molar-refractivity contribution in [3.63, 3.8) is 0 Å². The van der Waals surface area contributed by atoms with Gasteiger partial charge in [0.05, 0.1) is 5.57 Å². The minimum Gasteiger partial charge on any atom is -0.350 e. The first-order valence-corrected chi connectivity index (χ1v) is 10.1. The van der Waals surface area contributed by atoms with Crippen molar-refractivity contribution in [2.45, 2.75) is 39.3 Å². The Morgan fingerprint density at radius 3 is 2.37 bits per heavy atom. The third-order valence-electron chi connectivity index (χ3n) is 5.43. The first-order chi connectivity index (χ1) is 14.3. The summed E-state index contributed by atoms with van der Waals surface area (Å²) in [6.07, 6.45) is 0.783. The van der Waals surface area contributed by atoms with Crippen LogP contribution in [0.4, 0.5) is 5.69 Å². The topological polar surface area (TPSA) is 89.2 Å². The largest absolute Gasteiger partial charge is 0.350 e. The van der Waals surface area contributed by atoms with Crippen LogP contribution in [0.5, 0.6) is 0 Å². The zero-order valence-electron chi connectivity index (χ0n) is 17.5. The summed E-state index contributed by atoms with van der Waals surface area (Å²) in [6.45, 7) is 6.72. The lowest BCUT2D eigenvalue weighted by Gasteiger charge is -2.20. The molecule has 6 heteroatoms. The standard InChI is InChI=1S/C24H26N4O2/c1-15-19(17-11-7-8-12-18(17)28(15)14-13-24(2,3)25)20-21(23(30)27-22(20)29)26-16-9-5-4-6-10-16/h4-12H,13-14,25H2,1-3H3,(H2,26,27,29,30). The second kappa shape index (κ2) is 7.46. The lowest BCUT2D eigenvalue weighted by atomic mass is 10.0. The number of nitrogens with zero attached hydrogens (tertiary/aromatic N) is 1. The van der Waals surface area contributed by atoms with Crippen molar-refractivity contribution < 1.29 is 9.59 Å². The smallest absolute Gasteiger partial charge is 0.275 e. The molecule has 0 atom stereocenters. The lowest BCUT2D eigenvalue weighted by molar-refractivity contribution is -0.123. The molecule has 30 heavy (non-hydrogen) atoms. The van der Waals surface area contributed by atoms with E-state index in [9.17, 15) is 9.59 Å². The van der Waals surface area contributed by atoms with Crippen molar-refractivity contribution in [2.24, 2.45) is 5.73 Å². The fourth-order valence-electron chi connectivity index (χ4n) is 3.91. The van der Waals surface area contributed by atoms with Crippen LogP contribution < -0.4 is 16.4 Å². The molecule has 4 N–H and O–H groups in total. The van der Waals surface area contributed by atoms with Crippen LogP contribution in [-0.2, 0) is 16.1 Å². The maximum Gasteiger partial charge on any atom is 0.275 e. The molecule has 6 nitrogen and oxygen atoms in total. The molecule has 3 aromatic rings. The molecule has 1 aromatic heterocycles. The SMILES string of the molecule is Cc1c(C2=C(Nc3ccccc3)C(=O)NC2=O)c2ccccc2n1CCC(C)(C)N. The van der Waals surface area contributed by atoms with Crippen LogP contribution in [0.2, 0.25) is 0 Å². The van der Waals surface area contributed by atoms with Gasteiger partial charge in [0, 0.05) is 39.9 Å². The first kappa shape index (κ1) is 19.9. The number of nitrogens with two attached hydrogens (primary N) is 1. The van der Waals surface area contributed by atoms with Crippen LogP contribution in [0.15, 0.2) is 60.3 Å². The van der Waals surface area contributed by atoms with Gasteiger partial charge in [0.15, 0.2) is 0 Å². The number of hydrogen-bond acceptors (Lipinski definition) is 4. The maximum absolute atomic E-state index is 12.8. The van der Waals surface area contributed by atoms with Crippen LogP contribution in [-0.4, -0.2) is 21.9 Å². The van der Waals surface area contributed by atoms with Gasteiger partial charge in [-0.05, 0) is 45.4 Å². The van der Waals surface area contributed by atoms with E-state index in [0.717, 1.165) is 40.8 Å². The van der Waals surface area contributed by atoms with Crippen molar-refractivity contribution in [1.82, 2.24) is 9.88 Å². The van der Waals surface area contributed by atoms with Gasteiger partial charge in [0.2, 0.25) is 0 Å². The third-order valence-corrected chi connectivity index (χ3v) is 5.43. The van der Waals surface area contributed by atoms with Gasteiger partial charge < -0.3 is 15.6 Å². The van der Waals surface area contributed by atoms with Crippen molar-refractivity contribution >= 4 is 34.0 Å². The number of imide groups is 1. The van der Waals surface area contributed by atoms with Gasteiger partial charge in [-0.15, -0.1) is 0 Å². The van der Waals surface area contributed by atoms with Crippen molar-refractivity contribution in [2.75, 3.05) is 5.32 Å². The molecule has 0 radical (unpaired) electrons. The van der Waals surface area contributed by atoms with E-state index < -0.39 is 5.91 Å². The zero-order valence-corrected chi connectivity index (χ0v) is 17.5. The number of para-hydroxylation sites is 2. The lowest BCUT2D eigenvalue weighted by Crippen LogP contribution is -2.33. The number of anilines is 1. The predicted octanol–water partition coefficient (Wildman–Crippen LogP) is 3.56. The van der Waals surface area contributed by atoms with Crippen molar-refractivity contribution in [3.8, 4) is 0 Å². The first-order valence-electron chi connectivity index (χ1n) is 10.1. The van der Waals surface area contributed by atoms with E-state index >= 15 is 0 Å². The number of amides is 2. The summed E-state index contributed by atoms with van der Waals surface area (Å²) in [5.74, 6) is -0.804. The molecule has 2 aromatic carbocycles. The minimum atomic E-state index is -0.418. The summed E-state index contributed by atoms with van der Waals surface area (Å²) < 4.78 is 2.18. The van der Waals surface area contributed by atoms with Crippen molar-refractivity contribution in [3.05, 3.63) is 71.6 Å². The summed E-state index contributed by atoms with van der Waals surface area (Å²) in [5.41, 5.74) is 10.0. The highest BCUT2D eigenvalue weighted by atomic mass is 16.2. The molecule has 0 saturated heterocycles. The molecular weight excluding hydrogens is 376 g/mol. The van der Waals surface area contributed by atoms with Gasteiger partial charge in [-0.3, -0.25) is 14.9 Å². The number of fused-ring (bicyclic) bond motifs is 1. The summed E-state index contributed by atoms with van der Waals surface area (Å²) in [4.78, 5) is 25.5. The fourth-order valence-corrected chi connectivity index (χ4v) is 3.91. The Morgan fingerprint density at radius 2 is 1.67 bits per heavy atom. The Bertz CT molecular complexity index is 1170. The minimum absolute atomic E-state index is 0.274. The van der Waals surface area contributed by atoms with Crippen LogP contribution in [0.3, 0.4) is 0 Å². The van der Waals surface area contributed by atoms with Gasteiger partial charge in [0.1, 0.15) is 5.70 Å². The Morgan fingerprint density at radius 1 is 1.00 bits per heavy atom. The normalized spacial score (nSPS) is 14.5. The third kappa shape index (κ3) is 3.62. The molecule has 2 amide bonds. The molecule has 154 valence electrons. The van der Waals surface area contributed by atoms with E-state index in [1.54, 1.807) is 0 Å². The van der Waals surface area contributed by atoms with Gasteiger partial charge in [-0.1, -0.05) is 36.4 Å². The molecule has 4 rings (SSSR count). The summed E-state index contributed by atoms with van der Waals surface area (Å²) in [6, 6.07) is 17.3. The van der Waals surface area contributed by atoms with Gasteiger partial charge in [0.25, 0.3) is 11.8 Å². The van der Waals surface area contributed by atoms with E-state index in [1.807, 2.05) is 75.4 Å². The summed E-state index contributed by atoms with van der Waals surface area (Å²) >= 11 is 0. The number of benzene rings is 2. The predicted molar refractivity (Wildman–Crippen MR) is 120 cm³/mol. The summed E-state index contributed by atoms with van der Waals surface area (Å²) in [5, 5.41) is 6.54. The van der Waals surface area contributed by atoms with Crippen molar-refractivity contribution in [1.29, 1.82) is 0 Å². The Kier molecular flexibility index (Phi) is 4.95. The highest BCUT2D eigenvalue weighted by Gasteiger charge is 2.34. The number of hydrogen-bond donors (Lipinski definition) is 3. The second-order valence-corrected chi connectivity index (χ2v) is 8.39. The highest BCUT2D eigenvalue weighted by molar-refractivity contribution is 6.38. The number of aromatic nitrogens is 1. The molecule has 0 spiro atoms. The number of nitrogens with one attached hydrogen (secondary N) is 2. The maximum atomic E-state index is 12.8. The van der Waals surface area contributed by atoms with E-state index in [1.165, 1.54) is 0 Å². The van der Waals surface area contributed by atoms with Crippen LogP contribution >= 0.6 is 0 Å². The highest BCUT2D eigenvalue weighted by Crippen LogP contribution is 2.36. The van der Waals surface area contributed by atoms with E-state index in [-0.39, 0.29) is 17.1 Å². The van der Waals surface area contributed by atoms with Gasteiger partial charge in [-0.2, -0.15) is 0 Å². The average molecular weight is 402 g/mol. The number of carbonyl (C=O) groups is 2. The molecule has 0 saturated carbocycles. The molecular formula is C24H26N4O2. The van der Waals surface area contributed by atoms with Gasteiger partial charge >= 0.3 is 0 Å². The number of rotatable bonds is 6. The van der Waals surface area contributed by atoms with Crippen LogP contribution in [0, 0.1) is 6.92 Å². The molecule has 1 aliphatic heterocycles. The average Bonchev–Trinajstić information content (AvgIpc) is 3.12. The Labute approximate surface area is 175 Å². The van der Waals surface area contributed by atoms with E-state index in [2.05, 4.69) is 15.2 Å². The molecule has 0 unspecified atom stereocenters. The molecule has 0 aliphatic carbocycles. The molecule has 2 heterocycles. The Hall–Kier alpha value is -3.38. The van der Waals surface area contributed by atoms with Crippen LogP contribution in [0.1, 0.15) is 31.5 Å². The molecule has 0 bridgehead atoms. The Balaban J connectivity index is 1.89. The second-order valence-electron chi connectivity index (χ2n) is 8.39. The zero-order chi connectivity index (χ0) is 21.5. The quantitative estimate of drug-likeness (QED) is 0.550. The van der Waals surface area contributed by atoms with Crippen LogP contribution in [0.25, 0.3) is 16.5 Å². The van der Waals surface area contributed by atoms with Gasteiger partial charge in [-0.25, -0.2) is 0 Å². The van der Waals surface area contributed by atoms with E-state index in [0.29, 0.717) is 5.57 Å². The van der Waals surface area contributed by atoms with E-state index in [4.69, 9.17) is 5.73 Å². The molecule has 1 aliphatic rings. The number of carbonyl (C=O) groups excluding carboxylic acids is 2. The number of aryl methyl sites for hydroxylation is 1. The fraction of sp³-hybridized carbons (Fsp3) is 0.250.